The predicted octanol–water partition coefficient (Wildman–Crippen LogP) is 1.37. The van der Waals surface area contributed by atoms with Crippen molar-refractivity contribution in [1.29, 1.82) is 0 Å². The highest BCUT2D eigenvalue weighted by Gasteiger charge is 2.18. The van der Waals surface area contributed by atoms with Crippen molar-refractivity contribution in [3.63, 3.8) is 0 Å². The van der Waals surface area contributed by atoms with Crippen LogP contribution in [0.15, 0.2) is 35.3 Å². The number of methoxy groups -OCH3 is 1. The third kappa shape index (κ3) is 3.41. The van der Waals surface area contributed by atoms with Crippen molar-refractivity contribution in [3.8, 4) is 5.75 Å². The predicted molar refractivity (Wildman–Crippen MR) is 99.6 cm³/mol. The van der Waals surface area contributed by atoms with Crippen LogP contribution in [-0.4, -0.2) is 58.4 Å². The molecule has 1 fully saturated rings. The molecule has 4 rings (SSSR count). The Labute approximate surface area is 150 Å². The zero-order valence-electron chi connectivity index (χ0n) is 14.7. The van der Waals surface area contributed by atoms with Gasteiger partial charge in [-0.1, -0.05) is 12.1 Å². The molecule has 0 aliphatic carbocycles. The van der Waals surface area contributed by atoms with E-state index >= 15 is 0 Å². The molecule has 2 N–H and O–H groups in total. The molecule has 0 saturated carbocycles. The number of nitrogens with zero attached hydrogens (tertiary/aromatic N) is 4. The Morgan fingerprint density at radius 1 is 1.15 bits per heavy atom. The highest BCUT2D eigenvalue weighted by Crippen LogP contribution is 2.16. The summed E-state index contributed by atoms with van der Waals surface area (Å²) in [5, 5.41) is 7.16. The molecule has 26 heavy (non-hydrogen) atoms. The number of rotatable bonds is 4. The highest BCUT2D eigenvalue weighted by atomic mass is 16.5. The molecule has 0 amide bonds. The number of hydrogen-bond donors (Lipinski definition) is 2. The minimum Gasteiger partial charge on any atom is -0.497 e. The molecule has 1 aliphatic rings. The smallest absolute Gasteiger partial charge is 0.263 e. The second kappa shape index (κ2) is 7.17. The monoisotopic (exact) mass is 354 g/mol. The van der Waals surface area contributed by atoms with Crippen molar-refractivity contribution in [1.82, 2.24) is 25.1 Å². The van der Waals surface area contributed by atoms with Gasteiger partial charge < -0.3 is 9.64 Å². The molecule has 136 valence electrons. The van der Waals surface area contributed by atoms with Gasteiger partial charge in [0.05, 0.1) is 13.3 Å². The van der Waals surface area contributed by atoms with E-state index in [0.29, 0.717) is 17.0 Å². The number of H-pyrrole nitrogens is 2. The van der Waals surface area contributed by atoms with Crippen molar-refractivity contribution in [3.05, 3.63) is 46.4 Å². The fraction of sp³-hybridized carbons (Fsp3) is 0.389. The van der Waals surface area contributed by atoms with Gasteiger partial charge >= 0.3 is 0 Å². The summed E-state index contributed by atoms with van der Waals surface area (Å²) in [4.78, 5) is 24.1. The van der Waals surface area contributed by atoms with Gasteiger partial charge in [-0.2, -0.15) is 10.1 Å². The molecular weight excluding hydrogens is 332 g/mol. The zero-order chi connectivity index (χ0) is 17.9. The van der Waals surface area contributed by atoms with E-state index in [1.807, 2.05) is 12.1 Å². The summed E-state index contributed by atoms with van der Waals surface area (Å²) in [6.45, 7) is 4.51. The van der Waals surface area contributed by atoms with E-state index in [2.05, 4.69) is 42.1 Å². The van der Waals surface area contributed by atoms with E-state index in [0.717, 1.165) is 44.9 Å². The van der Waals surface area contributed by atoms with Crippen LogP contribution in [0.1, 0.15) is 12.0 Å². The highest BCUT2D eigenvalue weighted by molar-refractivity contribution is 5.73. The van der Waals surface area contributed by atoms with Crippen molar-refractivity contribution < 1.29 is 4.74 Å². The molecule has 8 nitrogen and oxygen atoms in total. The first-order valence-electron chi connectivity index (χ1n) is 8.76. The minimum atomic E-state index is -0.155. The van der Waals surface area contributed by atoms with Gasteiger partial charge in [-0.3, -0.25) is 19.8 Å². The van der Waals surface area contributed by atoms with Crippen molar-refractivity contribution in [2.45, 2.75) is 13.0 Å². The standard InChI is InChI=1S/C18H22N6O2/c1-26-14-5-3-13(4-6-14)12-23-7-2-8-24(10-9-23)18-20-16-15(11-19-22-16)17(25)21-18/h3-6,11H,2,7-10,12H2,1H3,(H2,19,20,21,22,25). The second-order valence-corrected chi connectivity index (χ2v) is 6.49. The number of aromatic amines is 2. The first-order valence-corrected chi connectivity index (χ1v) is 8.76. The van der Waals surface area contributed by atoms with Gasteiger partial charge in [0.25, 0.3) is 5.56 Å². The molecule has 0 unspecified atom stereocenters. The maximum atomic E-state index is 12.1. The van der Waals surface area contributed by atoms with Gasteiger partial charge in [-0.15, -0.1) is 0 Å². The lowest BCUT2D eigenvalue weighted by atomic mass is 10.2. The Hall–Kier alpha value is -2.87. The summed E-state index contributed by atoms with van der Waals surface area (Å²) in [5.41, 5.74) is 1.64. The molecule has 1 aromatic carbocycles. The van der Waals surface area contributed by atoms with Crippen LogP contribution in [0.5, 0.6) is 5.75 Å². The van der Waals surface area contributed by atoms with E-state index in [1.165, 1.54) is 11.8 Å². The van der Waals surface area contributed by atoms with Gasteiger partial charge in [0.1, 0.15) is 11.1 Å². The van der Waals surface area contributed by atoms with Gasteiger partial charge in [0, 0.05) is 32.7 Å². The minimum absolute atomic E-state index is 0.155. The molecule has 1 saturated heterocycles. The van der Waals surface area contributed by atoms with E-state index < -0.39 is 0 Å². The van der Waals surface area contributed by atoms with Gasteiger partial charge in [0.15, 0.2) is 5.65 Å². The number of anilines is 1. The van der Waals surface area contributed by atoms with Crippen molar-refractivity contribution in [2.75, 3.05) is 38.2 Å². The lowest BCUT2D eigenvalue weighted by molar-refractivity contribution is 0.285. The molecule has 3 heterocycles. The number of nitrogens with one attached hydrogen (secondary N) is 2. The summed E-state index contributed by atoms with van der Waals surface area (Å²) >= 11 is 0. The first-order chi connectivity index (χ1) is 12.7. The Morgan fingerprint density at radius 2 is 2.00 bits per heavy atom. The lowest BCUT2D eigenvalue weighted by Crippen LogP contribution is -2.32. The fourth-order valence-corrected chi connectivity index (χ4v) is 3.31. The third-order valence-corrected chi connectivity index (χ3v) is 4.76. The van der Waals surface area contributed by atoms with Gasteiger partial charge in [-0.05, 0) is 24.1 Å². The quantitative estimate of drug-likeness (QED) is 0.735. The SMILES string of the molecule is COc1ccc(CN2CCCN(c3nc4[nH]ncc4c(=O)[nH]3)CC2)cc1. The summed E-state index contributed by atoms with van der Waals surface area (Å²) in [6, 6.07) is 8.20. The van der Waals surface area contributed by atoms with Crippen LogP contribution in [0, 0.1) is 0 Å². The lowest BCUT2D eigenvalue weighted by Gasteiger charge is -2.22. The van der Waals surface area contributed by atoms with Gasteiger partial charge in [0.2, 0.25) is 5.95 Å². The second-order valence-electron chi connectivity index (χ2n) is 6.49. The van der Waals surface area contributed by atoms with Crippen LogP contribution in [0.4, 0.5) is 5.95 Å². The molecule has 0 bridgehead atoms. The molecule has 2 aromatic heterocycles. The summed E-state index contributed by atoms with van der Waals surface area (Å²) < 4.78 is 5.21. The molecular formula is C18H22N6O2. The number of fused-ring (bicyclic) bond motifs is 1. The average Bonchev–Trinajstić information content (AvgIpc) is 3.02. The maximum Gasteiger partial charge on any atom is 0.263 e. The van der Waals surface area contributed by atoms with Crippen LogP contribution >= 0.6 is 0 Å². The van der Waals surface area contributed by atoms with Crippen LogP contribution in [0.3, 0.4) is 0 Å². The van der Waals surface area contributed by atoms with Crippen molar-refractivity contribution >= 4 is 17.0 Å². The summed E-state index contributed by atoms with van der Waals surface area (Å²) in [6.07, 6.45) is 2.52. The zero-order valence-corrected chi connectivity index (χ0v) is 14.7. The van der Waals surface area contributed by atoms with E-state index in [9.17, 15) is 4.79 Å². The van der Waals surface area contributed by atoms with Crippen LogP contribution < -0.4 is 15.2 Å². The van der Waals surface area contributed by atoms with E-state index in [1.54, 1.807) is 7.11 Å². The molecule has 3 aromatic rings. The van der Waals surface area contributed by atoms with Crippen LogP contribution in [0.25, 0.3) is 11.0 Å². The molecule has 0 radical (unpaired) electrons. The number of aromatic nitrogens is 4. The third-order valence-electron chi connectivity index (χ3n) is 4.76. The maximum absolute atomic E-state index is 12.1. The average molecular weight is 354 g/mol. The van der Waals surface area contributed by atoms with Crippen LogP contribution in [0.2, 0.25) is 0 Å². The first kappa shape index (κ1) is 16.6. The topological polar surface area (TPSA) is 90.1 Å². The van der Waals surface area contributed by atoms with E-state index in [-0.39, 0.29) is 5.56 Å². The van der Waals surface area contributed by atoms with Crippen LogP contribution in [-0.2, 0) is 6.54 Å². The fourth-order valence-electron chi connectivity index (χ4n) is 3.31. The largest absolute Gasteiger partial charge is 0.497 e. The Balaban J connectivity index is 1.44. The molecule has 0 spiro atoms. The molecule has 8 heteroatoms. The number of benzene rings is 1. The van der Waals surface area contributed by atoms with Crippen molar-refractivity contribution in [2.24, 2.45) is 0 Å². The summed E-state index contributed by atoms with van der Waals surface area (Å²) in [5.74, 6) is 1.48. The summed E-state index contributed by atoms with van der Waals surface area (Å²) in [7, 11) is 1.68. The Morgan fingerprint density at radius 3 is 2.81 bits per heavy atom. The molecule has 1 aliphatic heterocycles. The van der Waals surface area contributed by atoms with Gasteiger partial charge in [-0.25, -0.2) is 0 Å². The number of ether oxygens (including phenoxy) is 1. The Bertz CT molecular complexity index is 933. The number of hydrogen-bond acceptors (Lipinski definition) is 6. The molecule has 0 atom stereocenters. The van der Waals surface area contributed by atoms with E-state index in [4.69, 9.17) is 4.74 Å². The Kier molecular flexibility index (Phi) is 4.57. The normalized spacial score (nSPS) is 16.0.